The Bertz CT molecular complexity index is 742. The molecule has 21 heavy (non-hydrogen) atoms. The van der Waals surface area contributed by atoms with Gasteiger partial charge in [-0.25, -0.2) is 4.98 Å². The highest BCUT2D eigenvalue weighted by Crippen LogP contribution is 2.36. The number of rotatable bonds is 0. The molecule has 0 amide bonds. The number of nitrogens with zero attached hydrogens (tertiary/aromatic N) is 1. The summed E-state index contributed by atoms with van der Waals surface area (Å²) in [6.45, 7) is 4.15. The summed E-state index contributed by atoms with van der Waals surface area (Å²) in [5.74, 6) is 0.982. The van der Waals surface area contributed by atoms with Gasteiger partial charge in [0.05, 0.1) is 11.4 Å². The van der Waals surface area contributed by atoms with Crippen molar-refractivity contribution in [3.8, 4) is 0 Å². The standard InChI is InChI=1S/C18H19N3/c1-12-20-16-7-6-13-4-2-3-5-15(13)17(18(16)21-12)14-8-10-19-11-9-14/h2-7,19H,8-11H2,1H3,(H,20,21). The zero-order valence-corrected chi connectivity index (χ0v) is 12.2. The quantitative estimate of drug-likeness (QED) is 0.661. The van der Waals surface area contributed by atoms with Gasteiger partial charge in [0.25, 0.3) is 0 Å². The van der Waals surface area contributed by atoms with Crippen LogP contribution < -0.4 is 5.32 Å². The summed E-state index contributed by atoms with van der Waals surface area (Å²) >= 11 is 0. The van der Waals surface area contributed by atoms with E-state index in [2.05, 4.69) is 46.7 Å². The van der Waals surface area contributed by atoms with E-state index in [4.69, 9.17) is 4.98 Å². The number of hydrogen-bond donors (Lipinski definition) is 2. The number of H-pyrrole nitrogens is 1. The zero-order valence-electron chi connectivity index (χ0n) is 12.2. The fourth-order valence-corrected chi connectivity index (χ4v) is 3.33. The van der Waals surface area contributed by atoms with Crippen LogP contribution in [0.4, 0.5) is 0 Å². The topological polar surface area (TPSA) is 40.7 Å². The van der Waals surface area contributed by atoms with Gasteiger partial charge in [0.1, 0.15) is 5.82 Å². The van der Waals surface area contributed by atoms with Crippen LogP contribution in [-0.4, -0.2) is 23.1 Å². The van der Waals surface area contributed by atoms with Crippen molar-refractivity contribution < 1.29 is 0 Å². The highest BCUT2D eigenvalue weighted by Gasteiger charge is 2.22. The molecule has 0 unspecified atom stereocenters. The average molecular weight is 277 g/mol. The van der Waals surface area contributed by atoms with E-state index >= 15 is 0 Å². The van der Waals surface area contributed by atoms with Crippen molar-refractivity contribution in [3.05, 3.63) is 58.2 Å². The van der Waals surface area contributed by atoms with Crippen LogP contribution in [-0.2, 0) is 0 Å². The van der Waals surface area contributed by atoms with Crippen molar-refractivity contribution in [2.24, 2.45) is 0 Å². The minimum Gasteiger partial charge on any atom is -0.342 e. The summed E-state index contributed by atoms with van der Waals surface area (Å²) < 4.78 is 0. The van der Waals surface area contributed by atoms with E-state index in [1.807, 2.05) is 6.92 Å². The van der Waals surface area contributed by atoms with Crippen molar-refractivity contribution in [1.29, 1.82) is 0 Å². The Morgan fingerprint density at radius 2 is 1.86 bits per heavy atom. The van der Waals surface area contributed by atoms with Crippen LogP contribution in [0, 0.1) is 6.92 Å². The largest absolute Gasteiger partial charge is 0.342 e. The monoisotopic (exact) mass is 277 g/mol. The lowest BCUT2D eigenvalue weighted by Crippen LogP contribution is -2.24. The summed E-state index contributed by atoms with van der Waals surface area (Å²) in [6.07, 6.45) is 6.56. The molecule has 1 aromatic carbocycles. The Labute approximate surface area is 124 Å². The first kappa shape index (κ1) is 12.6. The molecular weight excluding hydrogens is 258 g/mol. The number of aromatic amines is 1. The van der Waals surface area contributed by atoms with Gasteiger partial charge in [-0.3, -0.25) is 0 Å². The van der Waals surface area contributed by atoms with Crippen LogP contribution in [0.15, 0.2) is 29.8 Å². The van der Waals surface area contributed by atoms with Gasteiger partial charge in [0.2, 0.25) is 0 Å². The molecule has 1 aromatic heterocycles. The van der Waals surface area contributed by atoms with E-state index < -0.39 is 0 Å². The predicted molar refractivity (Wildman–Crippen MR) is 86.8 cm³/mol. The summed E-state index contributed by atoms with van der Waals surface area (Å²) in [7, 11) is 0. The van der Waals surface area contributed by atoms with Crippen LogP contribution >= 0.6 is 0 Å². The number of hydrogen-bond acceptors (Lipinski definition) is 2. The molecule has 3 heteroatoms. The second-order valence-electron chi connectivity index (χ2n) is 5.73. The molecule has 0 saturated carbocycles. The summed E-state index contributed by atoms with van der Waals surface area (Å²) in [6, 6.07) is 8.64. The molecule has 1 aliphatic heterocycles. The van der Waals surface area contributed by atoms with Crippen LogP contribution in [0.5, 0.6) is 0 Å². The Kier molecular flexibility index (Phi) is 3.00. The van der Waals surface area contributed by atoms with Crippen LogP contribution in [0.3, 0.4) is 0 Å². The van der Waals surface area contributed by atoms with Crippen LogP contribution in [0.25, 0.3) is 17.7 Å². The van der Waals surface area contributed by atoms with Crippen LogP contribution in [0.2, 0.25) is 0 Å². The minimum atomic E-state index is 0.982. The highest BCUT2D eigenvalue weighted by molar-refractivity contribution is 5.93. The van der Waals surface area contributed by atoms with Gasteiger partial charge in [-0.1, -0.05) is 35.9 Å². The minimum absolute atomic E-state index is 0.982. The lowest BCUT2D eigenvalue weighted by molar-refractivity contribution is 0.611. The maximum absolute atomic E-state index is 4.78. The Morgan fingerprint density at radius 1 is 1.05 bits per heavy atom. The third-order valence-electron chi connectivity index (χ3n) is 4.31. The maximum atomic E-state index is 4.78. The van der Waals surface area contributed by atoms with Gasteiger partial charge in [-0.05, 0) is 50.1 Å². The van der Waals surface area contributed by atoms with Crippen molar-refractivity contribution in [1.82, 2.24) is 15.3 Å². The molecular formula is C18H19N3. The molecule has 4 rings (SSSR count). The van der Waals surface area contributed by atoms with E-state index in [0.717, 1.165) is 43.1 Å². The Balaban J connectivity index is 2.01. The van der Waals surface area contributed by atoms with E-state index in [-0.39, 0.29) is 0 Å². The molecule has 0 radical (unpaired) electrons. The number of aromatic nitrogens is 2. The number of benzene rings is 1. The summed E-state index contributed by atoms with van der Waals surface area (Å²) in [4.78, 5) is 8.17. The molecule has 106 valence electrons. The maximum Gasteiger partial charge on any atom is 0.104 e. The molecule has 2 aromatic rings. The number of fused-ring (bicyclic) bond motifs is 2. The van der Waals surface area contributed by atoms with E-state index in [1.54, 1.807) is 0 Å². The molecule has 2 N–H and O–H groups in total. The normalized spacial score (nSPS) is 17.4. The van der Waals surface area contributed by atoms with Crippen molar-refractivity contribution in [2.45, 2.75) is 19.8 Å². The van der Waals surface area contributed by atoms with Crippen molar-refractivity contribution >= 4 is 17.7 Å². The third kappa shape index (κ3) is 2.14. The third-order valence-corrected chi connectivity index (χ3v) is 4.31. The van der Waals surface area contributed by atoms with E-state index in [1.165, 1.54) is 22.3 Å². The molecule has 0 atom stereocenters. The fourth-order valence-electron chi connectivity index (χ4n) is 3.33. The molecule has 1 fully saturated rings. The lowest BCUT2D eigenvalue weighted by Gasteiger charge is -2.20. The first-order chi connectivity index (χ1) is 10.3. The smallest absolute Gasteiger partial charge is 0.104 e. The van der Waals surface area contributed by atoms with Gasteiger partial charge in [0.15, 0.2) is 0 Å². The molecule has 0 bridgehead atoms. The van der Waals surface area contributed by atoms with Gasteiger partial charge < -0.3 is 10.3 Å². The van der Waals surface area contributed by atoms with Gasteiger partial charge in [-0.2, -0.15) is 0 Å². The van der Waals surface area contributed by atoms with Gasteiger partial charge >= 0.3 is 0 Å². The number of nitrogens with one attached hydrogen (secondary N) is 2. The van der Waals surface area contributed by atoms with Crippen molar-refractivity contribution in [3.63, 3.8) is 0 Å². The summed E-state index contributed by atoms with van der Waals surface area (Å²) in [5, 5.41) is 3.44. The number of aryl methyl sites for hydroxylation is 1. The second-order valence-corrected chi connectivity index (χ2v) is 5.73. The van der Waals surface area contributed by atoms with Crippen molar-refractivity contribution in [2.75, 3.05) is 13.1 Å². The van der Waals surface area contributed by atoms with Gasteiger partial charge in [-0.15, -0.1) is 0 Å². The van der Waals surface area contributed by atoms with Crippen LogP contribution in [0.1, 0.15) is 41.2 Å². The number of imidazole rings is 1. The highest BCUT2D eigenvalue weighted by atomic mass is 14.9. The van der Waals surface area contributed by atoms with Gasteiger partial charge in [0, 0.05) is 5.57 Å². The molecule has 1 aliphatic carbocycles. The molecule has 0 spiro atoms. The van der Waals surface area contributed by atoms with E-state index in [0.29, 0.717) is 0 Å². The zero-order chi connectivity index (χ0) is 14.2. The molecule has 1 saturated heterocycles. The number of piperidine rings is 1. The lowest BCUT2D eigenvalue weighted by atomic mass is 9.89. The molecule has 2 aliphatic rings. The molecule has 2 heterocycles. The first-order valence-corrected chi connectivity index (χ1v) is 7.60. The van der Waals surface area contributed by atoms with E-state index in [9.17, 15) is 0 Å². The molecule has 3 nitrogen and oxygen atoms in total. The Hall–Kier alpha value is -2.13. The predicted octanol–water partition coefficient (Wildman–Crippen LogP) is 3.39. The average Bonchev–Trinajstić information content (AvgIpc) is 2.81. The SMILES string of the molecule is Cc1nc2c([nH]1)C=Cc1ccccc1C2=C1CCNCC1. The second kappa shape index (κ2) is 5.01. The Morgan fingerprint density at radius 3 is 2.71 bits per heavy atom. The fraction of sp³-hybridized carbons (Fsp3) is 0.278. The summed E-state index contributed by atoms with van der Waals surface area (Å²) in [5.41, 5.74) is 7.71. The first-order valence-electron chi connectivity index (χ1n) is 7.60.